The quantitative estimate of drug-likeness (QED) is 0.341. The van der Waals surface area contributed by atoms with Crippen LogP contribution < -0.4 is 15.4 Å². The monoisotopic (exact) mass is 476 g/mol. The van der Waals surface area contributed by atoms with Crippen LogP contribution in [0, 0.1) is 6.92 Å². The lowest BCUT2D eigenvalue weighted by Gasteiger charge is -2.17. The lowest BCUT2D eigenvalue weighted by Crippen LogP contribution is -2.33. The van der Waals surface area contributed by atoms with Crippen LogP contribution >= 0.6 is 0 Å². The van der Waals surface area contributed by atoms with Crippen LogP contribution in [0.25, 0.3) is 5.78 Å². The highest BCUT2D eigenvalue weighted by atomic mass is 16.5. The number of anilines is 2. The van der Waals surface area contributed by atoms with Crippen LogP contribution in [0.15, 0.2) is 61.3 Å². The number of aromatic nitrogens is 5. The van der Waals surface area contributed by atoms with Crippen molar-refractivity contribution in [3.63, 3.8) is 0 Å². The highest BCUT2D eigenvalue weighted by Gasteiger charge is 2.12. The van der Waals surface area contributed by atoms with Gasteiger partial charge in [-0.15, -0.1) is 0 Å². The summed E-state index contributed by atoms with van der Waals surface area (Å²) in [6.07, 6.45) is 8.55. The molecule has 0 bridgehead atoms. The largest absolute Gasteiger partial charge is 0.492 e. The van der Waals surface area contributed by atoms with E-state index in [0.29, 0.717) is 31.2 Å². The summed E-state index contributed by atoms with van der Waals surface area (Å²) in [4.78, 5) is 34.7. The predicted octanol–water partition coefficient (Wildman–Crippen LogP) is 2.21. The molecule has 0 aliphatic carbocycles. The molecule has 1 aromatic carbocycles. The number of carbonyl (C=O) groups excluding carboxylic acids is 2. The summed E-state index contributed by atoms with van der Waals surface area (Å²) >= 11 is 0. The van der Waals surface area contributed by atoms with Crippen molar-refractivity contribution in [2.24, 2.45) is 0 Å². The Morgan fingerprint density at radius 3 is 2.74 bits per heavy atom. The second-order valence-electron chi connectivity index (χ2n) is 8.06. The Morgan fingerprint density at radius 2 is 1.91 bits per heavy atom. The third-order valence-electron chi connectivity index (χ3n) is 5.32. The second-order valence-corrected chi connectivity index (χ2v) is 8.06. The van der Waals surface area contributed by atoms with Crippen LogP contribution in [0.4, 0.5) is 11.5 Å². The molecule has 0 radical (unpaired) electrons. The number of hydrogen-bond donors (Lipinski definition) is 2. The van der Waals surface area contributed by atoms with Crippen LogP contribution in [0.2, 0.25) is 0 Å². The van der Waals surface area contributed by atoms with Crippen LogP contribution in [0.3, 0.4) is 0 Å². The normalized spacial score (nSPS) is 10.8. The summed E-state index contributed by atoms with van der Waals surface area (Å²) in [5.74, 6) is 1.90. The standard InChI is InChI=1S/C24H28N8O3/c1-18-3-5-20(6-4-18)35-14-13-30(2)23(34)17-31-16-19(15-28-31)29-22(33)8-10-25-21-7-9-26-24-27-11-12-32(21)24/h3-7,9,11-12,15-16,25H,8,10,13-14,17H2,1-2H3,(H,29,33). The van der Waals surface area contributed by atoms with Gasteiger partial charge in [0.05, 0.1) is 18.4 Å². The Kier molecular flexibility index (Phi) is 7.56. The van der Waals surface area contributed by atoms with Crippen LogP contribution in [0.1, 0.15) is 12.0 Å². The number of ether oxygens (including phenoxy) is 1. The number of fused-ring (bicyclic) bond motifs is 1. The fourth-order valence-electron chi connectivity index (χ4n) is 3.34. The van der Waals surface area contributed by atoms with Gasteiger partial charge in [-0.25, -0.2) is 9.97 Å². The van der Waals surface area contributed by atoms with E-state index in [1.165, 1.54) is 10.9 Å². The maximum absolute atomic E-state index is 12.5. The summed E-state index contributed by atoms with van der Waals surface area (Å²) in [5.41, 5.74) is 1.70. The summed E-state index contributed by atoms with van der Waals surface area (Å²) in [6, 6.07) is 9.59. The highest BCUT2D eigenvalue weighted by molar-refractivity contribution is 5.90. The van der Waals surface area contributed by atoms with Crippen molar-refractivity contribution in [2.75, 3.05) is 37.4 Å². The molecule has 11 heteroatoms. The lowest BCUT2D eigenvalue weighted by atomic mass is 10.2. The maximum Gasteiger partial charge on any atom is 0.244 e. The minimum absolute atomic E-state index is 0.0708. The molecule has 35 heavy (non-hydrogen) atoms. The number of nitrogens with one attached hydrogen (secondary N) is 2. The van der Waals surface area contributed by atoms with Crippen molar-refractivity contribution in [2.45, 2.75) is 19.9 Å². The van der Waals surface area contributed by atoms with Gasteiger partial charge in [0, 0.05) is 44.8 Å². The van der Waals surface area contributed by atoms with Crippen LogP contribution in [0.5, 0.6) is 5.75 Å². The van der Waals surface area contributed by atoms with Crippen LogP contribution in [-0.4, -0.2) is 67.6 Å². The molecule has 0 aliphatic heterocycles. The first-order valence-electron chi connectivity index (χ1n) is 11.3. The molecule has 0 spiro atoms. The number of carbonyl (C=O) groups is 2. The summed E-state index contributed by atoms with van der Waals surface area (Å²) in [6.45, 7) is 3.37. The number of aryl methyl sites for hydroxylation is 1. The molecule has 0 atom stereocenters. The molecular formula is C24H28N8O3. The molecule has 3 aromatic heterocycles. The van der Waals surface area contributed by atoms with Gasteiger partial charge < -0.3 is 20.3 Å². The molecule has 0 saturated carbocycles. The number of benzene rings is 1. The zero-order valence-electron chi connectivity index (χ0n) is 19.7. The first kappa shape index (κ1) is 23.7. The van der Waals surface area contributed by atoms with E-state index in [-0.39, 0.29) is 24.8 Å². The summed E-state index contributed by atoms with van der Waals surface area (Å²) in [7, 11) is 1.72. The molecule has 4 aromatic rings. The lowest BCUT2D eigenvalue weighted by molar-refractivity contribution is -0.131. The van der Waals surface area contributed by atoms with Gasteiger partial charge in [-0.2, -0.15) is 5.10 Å². The van der Waals surface area contributed by atoms with Gasteiger partial charge in [0.2, 0.25) is 17.6 Å². The number of amides is 2. The zero-order chi connectivity index (χ0) is 24.6. The van der Waals surface area contributed by atoms with E-state index < -0.39 is 0 Å². The van der Waals surface area contributed by atoms with Crippen molar-refractivity contribution >= 4 is 29.1 Å². The third kappa shape index (κ3) is 6.56. The van der Waals surface area contributed by atoms with Gasteiger partial charge in [0.25, 0.3) is 0 Å². The molecule has 0 aliphatic rings. The van der Waals surface area contributed by atoms with Gasteiger partial charge in [0.15, 0.2) is 0 Å². The van der Waals surface area contributed by atoms with E-state index in [9.17, 15) is 9.59 Å². The first-order valence-corrected chi connectivity index (χ1v) is 11.3. The molecule has 0 saturated heterocycles. The molecule has 4 rings (SSSR count). The molecule has 11 nitrogen and oxygen atoms in total. The smallest absolute Gasteiger partial charge is 0.244 e. The number of imidazole rings is 1. The van der Waals surface area contributed by atoms with E-state index in [4.69, 9.17) is 4.74 Å². The van der Waals surface area contributed by atoms with Gasteiger partial charge in [0.1, 0.15) is 24.7 Å². The van der Waals surface area contributed by atoms with Gasteiger partial charge in [-0.05, 0) is 25.1 Å². The SMILES string of the molecule is Cc1ccc(OCCN(C)C(=O)Cn2cc(NC(=O)CCNc3ccnc4nccn34)cn2)cc1. The topological polar surface area (TPSA) is 119 Å². The molecule has 2 N–H and O–H groups in total. The fraction of sp³-hybridized carbons (Fsp3) is 0.292. The minimum atomic E-state index is -0.162. The number of rotatable bonds is 11. The Hall–Kier alpha value is -4.41. The number of hydrogen-bond acceptors (Lipinski definition) is 7. The van der Waals surface area contributed by atoms with Crippen molar-refractivity contribution in [3.05, 3.63) is 66.9 Å². The molecular weight excluding hydrogens is 448 g/mol. The van der Waals surface area contributed by atoms with E-state index in [1.807, 2.05) is 41.7 Å². The molecule has 2 amide bonds. The first-order chi connectivity index (χ1) is 17.0. The molecule has 0 unspecified atom stereocenters. The predicted molar refractivity (Wildman–Crippen MR) is 131 cm³/mol. The minimum Gasteiger partial charge on any atom is -0.492 e. The number of nitrogens with zero attached hydrogens (tertiary/aromatic N) is 6. The Bertz CT molecular complexity index is 1280. The van der Waals surface area contributed by atoms with E-state index in [2.05, 4.69) is 25.7 Å². The Labute approximate surface area is 202 Å². The summed E-state index contributed by atoms with van der Waals surface area (Å²) in [5, 5.41) is 10.2. The van der Waals surface area contributed by atoms with Crippen LogP contribution in [-0.2, 0) is 16.1 Å². The van der Waals surface area contributed by atoms with Gasteiger partial charge >= 0.3 is 0 Å². The summed E-state index contributed by atoms with van der Waals surface area (Å²) < 4.78 is 8.99. The van der Waals surface area contributed by atoms with Crippen molar-refractivity contribution in [3.8, 4) is 5.75 Å². The average Bonchev–Trinajstić information content (AvgIpc) is 3.50. The molecule has 3 heterocycles. The van der Waals surface area contributed by atoms with Crippen molar-refractivity contribution < 1.29 is 14.3 Å². The van der Waals surface area contributed by atoms with E-state index >= 15 is 0 Å². The van der Waals surface area contributed by atoms with Gasteiger partial charge in [-0.1, -0.05) is 17.7 Å². The van der Waals surface area contributed by atoms with E-state index in [1.54, 1.807) is 36.7 Å². The Morgan fingerprint density at radius 1 is 1.11 bits per heavy atom. The molecule has 182 valence electrons. The highest BCUT2D eigenvalue weighted by Crippen LogP contribution is 2.12. The average molecular weight is 477 g/mol. The maximum atomic E-state index is 12.5. The Balaban J connectivity index is 1.17. The number of likely N-dealkylation sites (N-methyl/N-ethyl adjacent to an activating group) is 1. The van der Waals surface area contributed by atoms with Crippen molar-refractivity contribution in [1.82, 2.24) is 29.0 Å². The second kappa shape index (κ2) is 11.1. The van der Waals surface area contributed by atoms with E-state index in [0.717, 1.165) is 17.1 Å². The van der Waals surface area contributed by atoms with Gasteiger partial charge in [-0.3, -0.25) is 18.7 Å². The molecule has 0 fully saturated rings. The van der Waals surface area contributed by atoms with Crippen molar-refractivity contribution in [1.29, 1.82) is 0 Å². The zero-order valence-corrected chi connectivity index (χ0v) is 19.7. The fourth-order valence-corrected chi connectivity index (χ4v) is 3.34. The third-order valence-corrected chi connectivity index (χ3v) is 5.32.